The number of carboxylic acids is 1. The van der Waals surface area contributed by atoms with Gasteiger partial charge in [0.1, 0.15) is 6.04 Å². The van der Waals surface area contributed by atoms with Gasteiger partial charge in [-0.25, -0.2) is 9.59 Å². The largest absolute Gasteiger partial charge is 0.480 e. The Kier molecular flexibility index (Phi) is 5.12. The average Bonchev–Trinajstić information content (AvgIpc) is 2.47. The Hall–Kier alpha value is -1.69. The standard InChI is InChI=1S/C15H20N2O3S/c1-10(2)11-3-5-12(6-4-11)16-15(20)17-7-8-21-9-13(17)14(18)19/h3-6,10,13H,7-9H2,1-2H3,(H,16,20)(H,18,19). The lowest BCUT2D eigenvalue weighted by atomic mass is 10.0. The number of carboxylic acid groups (broad SMARTS) is 1. The molecule has 1 heterocycles. The van der Waals surface area contributed by atoms with Gasteiger partial charge in [0.05, 0.1) is 0 Å². The molecule has 1 aliphatic heterocycles. The molecule has 2 rings (SSSR count). The third-order valence-corrected chi connectivity index (χ3v) is 4.53. The number of aliphatic carboxylic acids is 1. The van der Waals surface area contributed by atoms with Gasteiger partial charge in [0, 0.05) is 23.7 Å². The van der Waals surface area contributed by atoms with Crippen LogP contribution in [0.25, 0.3) is 0 Å². The number of hydrogen-bond acceptors (Lipinski definition) is 3. The van der Waals surface area contributed by atoms with Gasteiger partial charge >= 0.3 is 12.0 Å². The zero-order chi connectivity index (χ0) is 15.4. The lowest BCUT2D eigenvalue weighted by Gasteiger charge is -2.32. The molecule has 0 radical (unpaired) electrons. The fraction of sp³-hybridized carbons (Fsp3) is 0.467. The number of carbonyl (C=O) groups is 2. The summed E-state index contributed by atoms with van der Waals surface area (Å²) < 4.78 is 0. The second kappa shape index (κ2) is 6.85. The average molecular weight is 308 g/mol. The number of urea groups is 1. The van der Waals surface area contributed by atoms with Gasteiger partial charge in [0.2, 0.25) is 0 Å². The van der Waals surface area contributed by atoms with Crippen molar-refractivity contribution in [3.63, 3.8) is 0 Å². The third kappa shape index (κ3) is 3.91. The fourth-order valence-corrected chi connectivity index (χ4v) is 3.24. The number of rotatable bonds is 3. The second-order valence-corrected chi connectivity index (χ2v) is 6.48. The number of carbonyl (C=O) groups excluding carboxylic acids is 1. The van der Waals surface area contributed by atoms with Crippen molar-refractivity contribution >= 4 is 29.4 Å². The van der Waals surface area contributed by atoms with Crippen molar-refractivity contribution in [2.75, 3.05) is 23.4 Å². The van der Waals surface area contributed by atoms with Crippen molar-refractivity contribution in [1.29, 1.82) is 0 Å². The molecule has 0 aromatic heterocycles. The van der Waals surface area contributed by atoms with Crippen LogP contribution in [-0.2, 0) is 4.79 Å². The first-order valence-corrected chi connectivity index (χ1v) is 8.12. The summed E-state index contributed by atoms with van der Waals surface area (Å²) >= 11 is 1.56. The highest BCUT2D eigenvalue weighted by Crippen LogP contribution is 2.20. The maximum absolute atomic E-state index is 12.2. The summed E-state index contributed by atoms with van der Waals surface area (Å²) in [5, 5.41) is 12.0. The number of hydrogen-bond donors (Lipinski definition) is 2. The third-order valence-electron chi connectivity index (χ3n) is 3.50. The van der Waals surface area contributed by atoms with Crippen LogP contribution in [0.5, 0.6) is 0 Å². The summed E-state index contributed by atoms with van der Waals surface area (Å²) in [5.74, 6) is 0.691. The van der Waals surface area contributed by atoms with E-state index in [1.54, 1.807) is 11.8 Å². The summed E-state index contributed by atoms with van der Waals surface area (Å²) in [6.45, 7) is 4.67. The van der Waals surface area contributed by atoms with Gasteiger partial charge in [-0.15, -0.1) is 0 Å². The Morgan fingerprint density at radius 1 is 1.33 bits per heavy atom. The van der Waals surface area contributed by atoms with E-state index < -0.39 is 12.0 Å². The summed E-state index contributed by atoms with van der Waals surface area (Å²) in [6.07, 6.45) is 0. The van der Waals surface area contributed by atoms with Crippen molar-refractivity contribution in [1.82, 2.24) is 4.90 Å². The summed E-state index contributed by atoms with van der Waals surface area (Å²) in [6, 6.07) is 6.55. The van der Waals surface area contributed by atoms with E-state index in [1.807, 2.05) is 24.3 Å². The van der Waals surface area contributed by atoms with E-state index in [0.717, 1.165) is 5.75 Å². The fourth-order valence-electron chi connectivity index (χ4n) is 2.20. The van der Waals surface area contributed by atoms with Crippen molar-refractivity contribution in [3.8, 4) is 0 Å². The van der Waals surface area contributed by atoms with Crippen LogP contribution in [0.1, 0.15) is 25.3 Å². The Balaban J connectivity index is 2.04. The minimum Gasteiger partial charge on any atom is -0.480 e. The molecule has 0 saturated carbocycles. The number of nitrogens with zero attached hydrogens (tertiary/aromatic N) is 1. The van der Waals surface area contributed by atoms with Gasteiger partial charge < -0.3 is 15.3 Å². The van der Waals surface area contributed by atoms with Gasteiger partial charge in [-0.2, -0.15) is 11.8 Å². The molecule has 1 aliphatic rings. The first-order valence-electron chi connectivity index (χ1n) is 6.97. The SMILES string of the molecule is CC(C)c1ccc(NC(=O)N2CCSCC2C(=O)O)cc1. The van der Waals surface area contributed by atoms with E-state index in [2.05, 4.69) is 19.2 Å². The van der Waals surface area contributed by atoms with Crippen LogP contribution in [0.15, 0.2) is 24.3 Å². The molecule has 1 atom stereocenters. The van der Waals surface area contributed by atoms with Crippen LogP contribution in [0.2, 0.25) is 0 Å². The number of thioether (sulfide) groups is 1. The topological polar surface area (TPSA) is 69.6 Å². The van der Waals surface area contributed by atoms with Crippen molar-refractivity contribution in [3.05, 3.63) is 29.8 Å². The van der Waals surface area contributed by atoms with E-state index in [1.165, 1.54) is 10.5 Å². The quantitative estimate of drug-likeness (QED) is 0.901. The molecule has 0 aliphatic carbocycles. The van der Waals surface area contributed by atoms with Crippen LogP contribution >= 0.6 is 11.8 Å². The lowest BCUT2D eigenvalue weighted by Crippen LogP contribution is -2.51. The summed E-state index contributed by atoms with van der Waals surface area (Å²) in [7, 11) is 0. The van der Waals surface area contributed by atoms with Crippen LogP contribution in [-0.4, -0.2) is 46.1 Å². The van der Waals surface area contributed by atoms with E-state index in [4.69, 9.17) is 0 Å². The van der Waals surface area contributed by atoms with Crippen LogP contribution < -0.4 is 5.32 Å². The van der Waals surface area contributed by atoms with Crippen LogP contribution in [0.3, 0.4) is 0 Å². The maximum atomic E-state index is 12.2. The number of amides is 2. The normalized spacial score (nSPS) is 18.6. The van der Waals surface area contributed by atoms with E-state index in [9.17, 15) is 14.7 Å². The van der Waals surface area contributed by atoms with Crippen molar-refractivity contribution in [2.24, 2.45) is 0 Å². The molecule has 1 unspecified atom stereocenters. The summed E-state index contributed by atoms with van der Waals surface area (Å²) in [4.78, 5) is 24.8. The highest BCUT2D eigenvalue weighted by atomic mass is 32.2. The number of benzene rings is 1. The van der Waals surface area contributed by atoms with Gasteiger partial charge in [-0.3, -0.25) is 0 Å². The van der Waals surface area contributed by atoms with Gasteiger partial charge in [-0.05, 0) is 23.6 Å². The Labute approximate surface area is 128 Å². The molecular formula is C15H20N2O3S. The van der Waals surface area contributed by atoms with Crippen molar-refractivity contribution in [2.45, 2.75) is 25.8 Å². The highest BCUT2D eigenvalue weighted by molar-refractivity contribution is 7.99. The molecule has 114 valence electrons. The molecule has 5 nitrogen and oxygen atoms in total. The molecule has 0 bridgehead atoms. The Morgan fingerprint density at radius 3 is 2.57 bits per heavy atom. The van der Waals surface area contributed by atoms with Crippen LogP contribution in [0.4, 0.5) is 10.5 Å². The predicted octanol–water partition coefficient (Wildman–Crippen LogP) is 2.84. The summed E-state index contributed by atoms with van der Waals surface area (Å²) in [5.41, 5.74) is 1.89. The van der Waals surface area contributed by atoms with E-state index in [0.29, 0.717) is 23.9 Å². The zero-order valence-corrected chi connectivity index (χ0v) is 13.0. The molecule has 1 aromatic rings. The van der Waals surface area contributed by atoms with Gasteiger partial charge in [-0.1, -0.05) is 26.0 Å². The lowest BCUT2D eigenvalue weighted by molar-refractivity contribution is -0.141. The van der Waals surface area contributed by atoms with Crippen molar-refractivity contribution < 1.29 is 14.7 Å². The highest BCUT2D eigenvalue weighted by Gasteiger charge is 2.32. The maximum Gasteiger partial charge on any atom is 0.327 e. The molecule has 2 amide bonds. The second-order valence-electron chi connectivity index (χ2n) is 5.33. The molecule has 1 aromatic carbocycles. The van der Waals surface area contributed by atoms with Crippen LogP contribution in [0, 0.1) is 0 Å². The first kappa shape index (κ1) is 15.7. The monoisotopic (exact) mass is 308 g/mol. The number of nitrogens with one attached hydrogen (secondary N) is 1. The smallest absolute Gasteiger partial charge is 0.327 e. The number of anilines is 1. The molecule has 2 N–H and O–H groups in total. The molecule has 21 heavy (non-hydrogen) atoms. The van der Waals surface area contributed by atoms with Gasteiger partial charge in [0.25, 0.3) is 0 Å². The van der Waals surface area contributed by atoms with Gasteiger partial charge in [0.15, 0.2) is 0 Å². The van der Waals surface area contributed by atoms with E-state index in [-0.39, 0.29) is 6.03 Å². The predicted molar refractivity (Wildman–Crippen MR) is 85.0 cm³/mol. The molecule has 0 spiro atoms. The Morgan fingerprint density at radius 2 is 2.00 bits per heavy atom. The van der Waals surface area contributed by atoms with E-state index >= 15 is 0 Å². The molecule has 1 saturated heterocycles. The molecule has 6 heteroatoms. The first-order chi connectivity index (χ1) is 9.99. The Bertz CT molecular complexity index is 516. The minimum atomic E-state index is -0.951. The molecule has 1 fully saturated rings. The zero-order valence-electron chi connectivity index (χ0n) is 12.2. The minimum absolute atomic E-state index is 0.347. The molecular weight excluding hydrogens is 288 g/mol.